The largest absolute Gasteiger partial charge is 0.487 e. The molecule has 1 aromatic heterocycles. The molecule has 0 atom stereocenters. The van der Waals surface area contributed by atoms with E-state index in [-0.39, 0.29) is 0 Å². The topological polar surface area (TPSA) is 45.9 Å². The fourth-order valence-electron chi connectivity index (χ4n) is 1.48. The molecule has 17 heavy (non-hydrogen) atoms. The molecule has 0 bridgehead atoms. The smallest absolute Gasteiger partial charge is 0.130 e. The van der Waals surface area contributed by atoms with Gasteiger partial charge in [0, 0.05) is 6.20 Å². The van der Waals surface area contributed by atoms with E-state index < -0.39 is 0 Å². The molecule has 84 valence electrons. The summed E-state index contributed by atoms with van der Waals surface area (Å²) < 4.78 is 5.60. The van der Waals surface area contributed by atoms with Crippen LogP contribution in [0.5, 0.6) is 5.75 Å². The molecule has 0 spiro atoms. The maximum atomic E-state index is 8.77. The Morgan fingerprint density at radius 3 is 2.94 bits per heavy atom. The highest BCUT2D eigenvalue weighted by Gasteiger charge is 2.01. The van der Waals surface area contributed by atoms with Gasteiger partial charge in [0.25, 0.3) is 0 Å². The highest BCUT2D eigenvalue weighted by atomic mass is 16.5. The van der Waals surface area contributed by atoms with E-state index in [9.17, 15) is 0 Å². The molecular formula is C14H12N2O. The van der Waals surface area contributed by atoms with Gasteiger partial charge in [0.1, 0.15) is 12.4 Å². The molecule has 0 N–H and O–H groups in total. The number of nitriles is 1. The Kier molecular flexibility index (Phi) is 3.37. The Morgan fingerprint density at radius 1 is 1.29 bits per heavy atom. The molecule has 0 aliphatic heterocycles. The van der Waals surface area contributed by atoms with Crippen molar-refractivity contribution in [2.45, 2.75) is 13.5 Å². The van der Waals surface area contributed by atoms with Gasteiger partial charge in [-0.05, 0) is 36.8 Å². The number of pyridine rings is 1. The Morgan fingerprint density at radius 2 is 2.18 bits per heavy atom. The van der Waals surface area contributed by atoms with Crippen molar-refractivity contribution in [3.63, 3.8) is 0 Å². The van der Waals surface area contributed by atoms with Crippen molar-refractivity contribution in [3.8, 4) is 11.8 Å². The Bertz CT molecular complexity index is 558. The standard InChI is InChI=1S/C14H12N2O/c1-11-4-3-7-16-14(11)10-17-13-6-2-5-12(8-13)9-15/h2-8H,10H2,1H3. The minimum atomic E-state index is 0.418. The first-order chi connectivity index (χ1) is 8.29. The molecular weight excluding hydrogens is 212 g/mol. The van der Waals surface area contributed by atoms with Gasteiger partial charge in [-0.15, -0.1) is 0 Å². The molecule has 0 radical (unpaired) electrons. The van der Waals surface area contributed by atoms with Crippen LogP contribution in [0.25, 0.3) is 0 Å². The Labute approximate surface area is 100 Å². The summed E-state index contributed by atoms with van der Waals surface area (Å²) in [5, 5.41) is 8.77. The van der Waals surface area contributed by atoms with Crippen molar-refractivity contribution in [1.82, 2.24) is 4.98 Å². The molecule has 1 heterocycles. The first-order valence-corrected chi connectivity index (χ1v) is 5.33. The van der Waals surface area contributed by atoms with Crippen molar-refractivity contribution < 1.29 is 4.74 Å². The average Bonchev–Trinajstić information content (AvgIpc) is 2.38. The highest BCUT2D eigenvalue weighted by Crippen LogP contribution is 2.14. The number of aromatic nitrogens is 1. The van der Waals surface area contributed by atoms with E-state index in [4.69, 9.17) is 10.00 Å². The van der Waals surface area contributed by atoms with Crippen molar-refractivity contribution in [1.29, 1.82) is 5.26 Å². The molecule has 0 fully saturated rings. The molecule has 0 saturated carbocycles. The number of aryl methyl sites for hydroxylation is 1. The Hall–Kier alpha value is -2.34. The van der Waals surface area contributed by atoms with Gasteiger partial charge in [-0.25, -0.2) is 0 Å². The van der Waals surface area contributed by atoms with E-state index in [0.717, 1.165) is 11.3 Å². The predicted molar refractivity (Wildman–Crippen MR) is 64.5 cm³/mol. The molecule has 0 saturated heterocycles. The monoisotopic (exact) mass is 224 g/mol. The van der Waals surface area contributed by atoms with Crippen molar-refractivity contribution in [2.24, 2.45) is 0 Å². The molecule has 2 aromatic rings. The van der Waals surface area contributed by atoms with Crippen LogP contribution in [-0.4, -0.2) is 4.98 Å². The normalized spacial score (nSPS) is 9.65. The van der Waals surface area contributed by atoms with E-state index in [0.29, 0.717) is 17.9 Å². The molecule has 3 nitrogen and oxygen atoms in total. The molecule has 0 aliphatic rings. The first kappa shape index (κ1) is 11.2. The first-order valence-electron chi connectivity index (χ1n) is 5.33. The summed E-state index contributed by atoms with van der Waals surface area (Å²) in [4.78, 5) is 4.25. The number of nitrogens with zero attached hydrogens (tertiary/aromatic N) is 2. The van der Waals surface area contributed by atoms with Crippen LogP contribution in [0.2, 0.25) is 0 Å². The van der Waals surface area contributed by atoms with E-state index in [1.54, 1.807) is 24.4 Å². The summed E-state index contributed by atoms with van der Waals surface area (Å²) in [7, 11) is 0. The van der Waals surface area contributed by atoms with Crippen LogP contribution in [0.15, 0.2) is 42.6 Å². The van der Waals surface area contributed by atoms with Gasteiger partial charge in [0.05, 0.1) is 17.3 Å². The third kappa shape index (κ3) is 2.82. The third-order valence-electron chi connectivity index (χ3n) is 2.46. The second kappa shape index (κ2) is 5.13. The van der Waals surface area contributed by atoms with E-state index in [2.05, 4.69) is 11.1 Å². The maximum Gasteiger partial charge on any atom is 0.130 e. The predicted octanol–water partition coefficient (Wildman–Crippen LogP) is 2.84. The SMILES string of the molecule is Cc1cccnc1COc1cccc(C#N)c1. The number of hydrogen-bond acceptors (Lipinski definition) is 3. The summed E-state index contributed by atoms with van der Waals surface area (Å²) in [5.74, 6) is 0.689. The Balaban J connectivity index is 2.08. The number of benzene rings is 1. The summed E-state index contributed by atoms with van der Waals surface area (Å²) in [6.45, 7) is 2.42. The number of rotatable bonds is 3. The zero-order chi connectivity index (χ0) is 12.1. The number of ether oxygens (including phenoxy) is 1. The van der Waals surface area contributed by atoms with Gasteiger partial charge in [-0.1, -0.05) is 12.1 Å². The van der Waals surface area contributed by atoms with Crippen molar-refractivity contribution in [3.05, 3.63) is 59.4 Å². The second-order valence-corrected chi connectivity index (χ2v) is 3.70. The van der Waals surface area contributed by atoms with Gasteiger partial charge in [-0.2, -0.15) is 5.26 Å². The minimum absolute atomic E-state index is 0.418. The van der Waals surface area contributed by atoms with E-state index >= 15 is 0 Å². The molecule has 0 amide bonds. The summed E-state index contributed by atoms with van der Waals surface area (Å²) in [5.41, 5.74) is 2.61. The van der Waals surface area contributed by atoms with E-state index in [1.807, 2.05) is 25.1 Å². The quantitative estimate of drug-likeness (QED) is 0.805. The molecule has 2 rings (SSSR count). The van der Waals surface area contributed by atoms with Crippen LogP contribution >= 0.6 is 0 Å². The molecule has 0 unspecified atom stereocenters. The summed E-state index contributed by atoms with van der Waals surface area (Å²) in [6, 6.07) is 13.1. The van der Waals surface area contributed by atoms with Gasteiger partial charge in [0.2, 0.25) is 0 Å². The van der Waals surface area contributed by atoms with Crippen LogP contribution in [0.1, 0.15) is 16.8 Å². The molecule has 1 aromatic carbocycles. The zero-order valence-corrected chi connectivity index (χ0v) is 9.55. The lowest BCUT2D eigenvalue weighted by atomic mass is 10.2. The lowest BCUT2D eigenvalue weighted by Crippen LogP contribution is -2.00. The number of hydrogen-bond donors (Lipinski definition) is 0. The molecule has 0 aliphatic carbocycles. The fourth-order valence-corrected chi connectivity index (χ4v) is 1.48. The van der Waals surface area contributed by atoms with Gasteiger partial charge in [0.15, 0.2) is 0 Å². The summed E-state index contributed by atoms with van der Waals surface area (Å²) in [6.07, 6.45) is 1.75. The van der Waals surface area contributed by atoms with E-state index in [1.165, 1.54) is 0 Å². The van der Waals surface area contributed by atoms with Crippen molar-refractivity contribution >= 4 is 0 Å². The average molecular weight is 224 g/mol. The lowest BCUT2D eigenvalue weighted by molar-refractivity contribution is 0.300. The van der Waals surface area contributed by atoms with Crippen molar-refractivity contribution in [2.75, 3.05) is 0 Å². The lowest BCUT2D eigenvalue weighted by Gasteiger charge is -2.07. The van der Waals surface area contributed by atoms with Crippen LogP contribution < -0.4 is 4.74 Å². The minimum Gasteiger partial charge on any atom is -0.487 e. The van der Waals surface area contributed by atoms with Crippen LogP contribution in [0.4, 0.5) is 0 Å². The van der Waals surface area contributed by atoms with Gasteiger partial charge < -0.3 is 4.74 Å². The van der Waals surface area contributed by atoms with Crippen LogP contribution in [0.3, 0.4) is 0 Å². The third-order valence-corrected chi connectivity index (χ3v) is 2.46. The van der Waals surface area contributed by atoms with Gasteiger partial charge >= 0.3 is 0 Å². The highest BCUT2D eigenvalue weighted by molar-refractivity contribution is 5.36. The van der Waals surface area contributed by atoms with Gasteiger partial charge in [-0.3, -0.25) is 4.98 Å². The zero-order valence-electron chi connectivity index (χ0n) is 9.55. The fraction of sp³-hybridized carbons (Fsp3) is 0.143. The second-order valence-electron chi connectivity index (χ2n) is 3.70. The maximum absolute atomic E-state index is 8.77. The van der Waals surface area contributed by atoms with Crippen LogP contribution in [0, 0.1) is 18.3 Å². The molecule has 3 heteroatoms. The van der Waals surface area contributed by atoms with Crippen LogP contribution in [-0.2, 0) is 6.61 Å². The summed E-state index contributed by atoms with van der Waals surface area (Å²) >= 11 is 0.